The fourth-order valence-corrected chi connectivity index (χ4v) is 4.11. The number of sulfone groups is 1. The van der Waals surface area contributed by atoms with Gasteiger partial charge in [-0.15, -0.1) is 0 Å². The number of nitrogens with zero attached hydrogens (tertiary/aromatic N) is 3. The van der Waals surface area contributed by atoms with Crippen LogP contribution in [0.3, 0.4) is 0 Å². The third-order valence-electron chi connectivity index (χ3n) is 4.63. The smallest absolute Gasteiger partial charge is 0.218 e. The molecule has 154 valence electrons. The van der Waals surface area contributed by atoms with Crippen LogP contribution in [0.1, 0.15) is 16.7 Å². The van der Waals surface area contributed by atoms with E-state index in [0.29, 0.717) is 17.6 Å². The number of hydrogen-bond donors (Lipinski definition) is 2. The largest absolute Gasteiger partial charge is 0.366 e. The van der Waals surface area contributed by atoms with E-state index in [1.54, 1.807) is 24.5 Å². The molecule has 10 heteroatoms. The van der Waals surface area contributed by atoms with Crippen LogP contribution in [0.5, 0.6) is 0 Å². The molecule has 0 unspecified atom stereocenters. The van der Waals surface area contributed by atoms with Gasteiger partial charge in [-0.2, -0.15) is 4.39 Å². The van der Waals surface area contributed by atoms with E-state index >= 15 is 0 Å². The topological polar surface area (TPSA) is 101 Å². The van der Waals surface area contributed by atoms with Crippen molar-refractivity contribution >= 4 is 26.7 Å². The summed E-state index contributed by atoms with van der Waals surface area (Å²) in [6.07, 6.45) is 6.19. The molecule has 0 saturated carbocycles. The molecule has 0 radical (unpaired) electrons. The molecule has 3 aromatic heterocycles. The second-order valence-corrected chi connectivity index (χ2v) is 8.78. The number of halogens is 2. The maximum atomic E-state index is 14.6. The first kappa shape index (κ1) is 19.9. The molecule has 0 aliphatic carbocycles. The van der Waals surface area contributed by atoms with Gasteiger partial charge >= 0.3 is 0 Å². The van der Waals surface area contributed by atoms with Gasteiger partial charge in [0.2, 0.25) is 5.95 Å². The average Bonchev–Trinajstić information content (AvgIpc) is 3.10. The third-order valence-corrected chi connectivity index (χ3v) is 5.83. The molecule has 30 heavy (non-hydrogen) atoms. The summed E-state index contributed by atoms with van der Waals surface area (Å²) in [4.78, 5) is 15.0. The number of rotatable bonds is 6. The SMILES string of the molecule is CS(=O)(=O)c1ccc(F)cc1CNc1ccc(Cc2c[nH]c3ncncc23)c(F)n1. The van der Waals surface area contributed by atoms with E-state index in [4.69, 9.17) is 0 Å². The minimum absolute atomic E-state index is 0.00930. The van der Waals surface area contributed by atoms with Crippen molar-refractivity contribution in [2.75, 3.05) is 11.6 Å². The Morgan fingerprint density at radius 2 is 1.93 bits per heavy atom. The lowest BCUT2D eigenvalue weighted by Crippen LogP contribution is -2.09. The number of fused-ring (bicyclic) bond motifs is 1. The minimum atomic E-state index is -3.53. The summed E-state index contributed by atoms with van der Waals surface area (Å²) >= 11 is 0. The molecule has 7 nitrogen and oxygen atoms in total. The number of pyridine rings is 1. The van der Waals surface area contributed by atoms with Gasteiger partial charge in [-0.1, -0.05) is 6.07 Å². The van der Waals surface area contributed by atoms with Crippen molar-refractivity contribution in [3.05, 3.63) is 77.5 Å². The third kappa shape index (κ3) is 4.13. The highest BCUT2D eigenvalue weighted by Gasteiger charge is 2.15. The van der Waals surface area contributed by atoms with Gasteiger partial charge in [-0.25, -0.2) is 27.8 Å². The van der Waals surface area contributed by atoms with E-state index in [1.165, 1.54) is 12.4 Å². The molecule has 4 rings (SSSR count). The summed E-state index contributed by atoms with van der Waals surface area (Å²) in [6, 6.07) is 6.61. The van der Waals surface area contributed by atoms with E-state index < -0.39 is 21.6 Å². The van der Waals surface area contributed by atoms with Gasteiger partial charge in [0, 0.05) is 42.6 Å². The molecule has 0 bridgehead atoms. The van der Waals surface area contributed by atoms with Crippen molar-refractivity contribution in [3.63, 3.8) is 0 Å². The van der Waals surface area contributed by atoms with Crippen molar-refractivity contribution in [3.8, 4) is 0 Å². The maximum Gasteiger partial charge on any atom is 0.218 e. The molecule has 0 fully saturated rings. The van der Waals surface area contributed by atoms with Crippen molar-refractivity contribution in [2.24, 2.45) is 0 Å². The second kappa shape index (κ2) is 7.79. The number of aromatic nitrogens is 4. The lowest BCUT2D eigenvalue weighted by Gasteiger charge is -2.11. The summed E-state index contributed by atoms with van der Waals surface area (Å²) < 4.78 is 51.9. The Hall–Kier alpha value is -3.40. The van der Waals surface area contributed by atoms with Crippen molar-refractivity contribution < 1.29 is 17.2 Å². The zero-order valence-electron chi connectivity index (χ0n) is 15.9. The predicted molar refractivity (Wildman–Crippen MR) is 108 cm³/mol. The van der Waals surface area contributed by atoms with Crippen LogP contribution in [0.15, 0.2) is 53.9 Å². The van der Waals surface area contributed by atoms with Crippen molar-refractivity contribution in [1.29, 1.82) is 0 Å². The molecule has 0 amide bonds. The predicted octanol–water partition coefficient (Wildman–Crippen LogP) is 3.24. The molecule has 2 N–H and O–H groups in total. The zero-order chi connectivity index (χ0) is 21.3. The Bertz CT molecular complexity index is 1340. The van der Waals surface area contributed by atoms with Crippen LogP contribution in [0.4, 0.5) is 14.6 Å². The molecule has 3 heterocycles. The van der Waals surface area contributed by atoms with E-state index in [9.17, 15) is 17.2 Å². The average molecular weight is 429 g/mol. The monoisotopic (exact) mass is 429 g/mol. The molecule has 0 saturated heterocycles. The fourth-order valence-electron chi connectivity index (χ4n) is 3.19. The van der Waals surface area contributed by atoms with Crippen LogP contribution < -0.4 is 5.32 Å². The number of hydrogen-bond acceptors (Lipinski definition) is 6. The lowest BCUT2D eigenvalue weighted by molar-refractivity contribution is 0.571. The Labute approximate surface area is 171 Å². The summed E-state index contributed by atoms with van der Waals surface area (Å²) in [5, 5.41) is 3.65. The lowest BCUT2D eigenvalue weighted by atomic mass is 10.1. The minimum Gasteiger partial charge on any atom is -0.366 e. The first-order chi connectivity index (χ1) is 14.3. The number of H-pyrrole nitrogens is 1. The van der Waals surface area contributed by atoms with Gasteiger partial charge in [-0.3, -0.25) is 0 Å². The number of benzene rings is 1. The Morgan fingerprint density at radius 3 is 2.70 bits per heavy atom. The summed E-state index contributed by atoms with van der Waals surface area (Å²) in [5.41, 5.74) is 2.13. The van der Waals surface area contributed by atoms with Gasteiger partial charge < -0.3 is 10.3 Å². The van der Waals surface area contributed by atoms with Gasteiger partial charge in [0.05, 0.1) is 4.90 Å². The molecule has 0 aliphatic rings. The summed E-state index contributed by atoms with van der Waals surface area (Å²) in [5.74, 6) is -1.01. The normalized spacial score (nSPS) is 11.7. The van der Waals surface area contributed by atoms with Crippen LogP contribution in [-0.4, -0.2) is 34.6 Å². The van der Waals surface area contributed by atoms with Crippen molar-refractivity contribution in [1.82, 2.24) is 19.9 Å². The number of nitrogens with one attached hydrogen (secondary N) is 2. The highest BCUT2D eigenvalue weighted by Crippen LogP contribution is 2.22. The Kier molecular flexibility index (Phi) is 5.17. The quantitative estimate of drug-likeness (QED) is 0.361. The zero-order valence-corrected chi connectivity index (χ0v) is 16.7. The molecule has 0 spiro atoms. The summed E-state index contributed by atoms with van der Waals surface area (Å²) in [6.45, 7) is -0.0221. The van der Waals surface area contributed by atoms with E-state index in [1.807, 2.05) is 0 Å². The van der Waals surface area contributed by atoms with Gasteiger partial charge in [-0.05, 0) is 35.4 Å². The van der Waals surface area contributed by atoms with Crippen LogP contribution in [-0.2, 0) is 22.8 Å². The Balaban J connectivity index is 1.53. The van der Waals surface area contributed by atoms with E-state index in [-0.39, 0.29) is 22.8 Å². The van der Waals surface area contributed by atoms with Crippen LogP contribution in [0.2, 0.25) is 0 Å². The first-order valence-corrected chi connectivity index (χ1v) is 10.8. The fraction of sp³-hybridized carbons (Fsp3) is 0.150. The van der Waals surface area contributed by atoms with Crippen LogP contribution >= 0.6 is 0 Å². The molecule has 4 aromatic rings. The molecule has 1 aromatic carbocycles. The van der Waals surface area contributed by atoms with E-state index in [0.717, 1.165) is 29.3 Å². The van der Waals surface area contributed by atoms with Crippen LogP contribution in [0, 0.1) is 11.8 Å². The Morgan fingerprint density at radius 1 is 1.10 bits per heavy atom. The highest BCUT2D eigenvalue weighted by molar-refractivity contribution is 7.90. The number of anilines is 1. The number of aromatic amines is 1. The molecule has 0 atom stereocenters. The first-order valence-electron chi connectivity index (χ1n) is 8.95. The summed E-state index contributed by atoms with van der Waals surface area (Å²) in [7, 11) is -3.53. The van der Waals surface area contributed by atoms with Crippen LogP contribution in [0.25, 0.3) is 11.0 Å². The molecular weight excluding hydrogens is 412 g/mol. The maximum absolute atomic E-state index is 14.6. The van der Waals surface area contributed by atoms with Gasteiger partial charge in [0.25, 0.3) is 0 Å². The second-order valence-electron chi connectivity index (χ2n) is 6.80. The molecule has 0 aliphatic heterocycles. The van der Waals surface area contributed by atoms with Crippen molar-refractivity contribution in [2.45, 2.75) is 17.9 Å². The van der Waals surface area contributed by atoms with Gasteiger partial charge in [0.1, 0.15) is 23.6 Å². The molecular formula is C20H17F2N5O2S. The van der Waals surface area contributed by atoms with Gasteiger partial charge in [0.15, 0.2) is 9.84 Å². The standard InChI is InChI=1S/C20H17F2N5O2S/c1-30(28,29)17-4-3-15(21)7-14(17)9-24-18-5-2-12(19(22)27-18)6-13-8-25-20-16(13)10-23-11-26-20/h2-5,7-8,10-11H,6,9H2,1H3,(H,24,27)(H,23,25,26). The van der Waals surface area contributed by atoms with E-state index in [2.05, 4.69) is 25.3 Å². The highest BCUT2D eigenvalue weighted by atomic mass is 32.2.